The van der Waals surface area contributed by atoms with Gasteiger partial charge in [-0.1, -0.05) is 35.2 Å². The predicted octanol–water partition coefficient (Wildman–Crippen LogP) is 5.14. The van der Waals surface area contributed by atoms with E-state index in [9.17, 15) is 4.79 Å². The average Bonchev–Trinajstić information content (AvgIpc) is 3.47. The minimum Gasteiger partial charge on any atom is -0.295 e. The molecule has 0 aliphatic carbocycles. The third-order valence-electron chi connectivity index (χ3n) is 3.58. The van der Waals surface area contributed by atoms with Crippen molar-refractivity contribution in [2.75, 3.05) is 5.32 Å². The van der Waals surface area contributed by atoms with Crippen LogP contribution in [0, 0.1) is 11.3 Å². The Labute approximate surface area is 176 Å². The molecular formula is C18H11N5OS4. The number of benzene rings is 1. The minimum atomic E-state index is -0.294. The maximum atomic E-state index is 12.4. The maximum Gasteiger partial charge on any atom is 0.276 e. The summed E-state index contributed by atoms with van der Waals surface area (Å²) in [4.78, 5) is 16.8. The van der Waals surface area contributed by atoms with Crippen LogP contribution in [-0.4, -0.2) is 21.1 Å². The van der Waals surface area contributed by atoms with E-state index in [4.69, 9.17) is 5.26 Å². The summed E-state index contributed by atoms with van der Waals surface area (Å²) in [7, 11) is 0. The van der Waals surface area contributed by atoms with E-state index in [-0.39, 0.29) is 5.91 Å². The quantitative estimate of drug-likeness (QED) is 0.329. The van der Waals surface area contributed by atoms with Crippen LogP contribution in [0.4, 0.5) is 5.13 Å². The number of nitrogens with one attached hydrogen (secondary N) is 1. The van der Waals surface area contributed by atoms with E-state index in [1.54, 1.807) is 28.8 Å². The van der Waals surface area contributed by atoms with Gasteiger partial charge >= 0.3 is 0 Å². The molecule has 10 heteroatoms. The van der Waals surface area contributed by atoms with Crippen molar-refractivity contribution >= 4 is 56.8 Å². The van der Waals surface area contributed by atoms with Gasteiger partial charge in [0.15, 0.2) is 4.34 Å². The predicted molar refractivity (Wildman–Crippen MR) is 114 cm³/mol. The maximum absolute atomic E-state index is 12.4. The first-order valence-corrected chi connectivity index (χ1v) is 11.6. The number of carbonyl (C=O) groups is 1. The van der Waals surface area contributed by atoms with Gasteiger partial charge in [0.1, 0.15) is 10.7 Å². The molecule has 4 aromatic rings. The zero-order valence-electron chi connectivity index (χ0n) is 14.2. The van der Waals surface area contributed by atoms with Crippen LogP contribution in [0.1, 0.15) is 21.6 Å². The molecule has 0 unspecified atom stereocenters. The summed E-state index contributed by atoms with van der Waals surface area (Å²) in [6.45, 7) is 0. The van der Waals surface area contributed by atoms with Crippen LogP contribution in [0.3, 0.4) is 0 Å². The highest BCUT2D eigenvalue weighted by molar-refractivity contribution is 8.00. The van der Waals surface area contributed by atoms with Crippen molar-refractivity contribution in [1.82, 2.24) is 15.2 Å². The van der Waals surface area contributed by atoms with Crippen molar-refractivity contribution in [2.24, 2.45) is 0 Å². The normalized spacial score (nSPS) is 10.5. The Balaban J connectivity index is 1.35. The first-order chi connectivity index (χ1) is 13.7. The first-order valence-electron chi connectivity index (χ1n) is 7.96. The van der Waals surface area contributed by atoms with Crippen LogP contribution >= 0.6 is 45.8 Å². The molecule has 0 saturated heterocycles. The molecule has 0 spiro atoms. The second-order valence-corrected chi connectivity index (χ2v) is 9.31. The van der Waals surface area contributed by atoms with E-state index in [0.29, 0.717) is 22.1 Å². The van der Waals surface area contributed by atoms with E-state index in [0.717, 1.165) is 20.5 Å². The molecule has 0 atom stereocenters. The van der Waals surface area contributed by atoms with Crippen molar-refractivity contribution in [3.8, 4) is 16.6 Å². The summed E-state index contributed by atoms with van der Waals surface area (Å²) in [5, 5.41) is 26.7. The second-order valence-electron chi connectivity index (χ2n) is 5.47. The van der Waals surface area contributed by atoms with Crippen LogP contribution in [-0.2, 0) is 5.75 Å². The molecular weight excluding hydrogens is 431 g/mol. The van der Waals surface area contributed by atoms with Gasteiger partial charge in [-0.25, -0.2) is 4.98 Å². The zero-order chi connectivity index (χ0) is 19.3. The van der Waals surface area contributed by atoms with Gasteiger partial charge in [0, 0.05) is 22.1 Å². The van der Waals surface area contributed by atoms with Gasteiger partial charge in [-0.05, 0) is 29.1 Å². The Hall–Kier alpha value is -2.58. The molecule has 3 heterocycles. The number of aromatic nitrogens is 3. The highest BCUT2D eigenvalue weighted by atomic mass is 32.2. The zero-order valence-corrected chi connectivity index (χ0v) is 17.4. The number of anilines is 1. The van der Waals surface area contributed by atoms with E-state index < -0.39 is 0 Å². The lowest BCUT2D eigenvalue weighted by Gasteiger charge is -1.98. The molecule has 1 N–H and O–H groups in total. The highest BCUT2D eigenvalue weighted by Gasteiger charge is 2.15. The van der Waals surface area contributed by atoms with Gasteiger partial charge in [0.25, 0.3) is 5.91 Å². The van der Waals surface area contributed by atoms with Crippen LogP contribution in [0.5, 0.6) is 0 Å². The van der Waals surface area contributed by atoms with Crippen LogP contribution < -0.4 is 5.32 Å². The molecule has 0 aliphatic rings. The third-order valence-corrected chi connectivity index (χ3v) is 7.19. The molecule has 6 nitrogen and oxygen atoms in total. The van der Waals surface area contributed by atoms with Crippen molar-refractivity contribution in [3.05, 3.63) is 63.3 Å². The van der Waals surface area contributed by atoms with Crippen molar-refractivity contribution in [2.45, 2.75) is 10.1 Å². The number of nitriles is 1. The lowest BCUT2D eigenvalue weighted by Crippen LogP contribution is -2.12. The Bertz CT molecular complexity index is 1130. The van der Waals surface area contributed by atoms with E-state index in [2.05, 4.69) is 26.6 Å². The Kier molecular flexibility index (Phi) is 5.78. The van der Waals surface area contributed by atoms with Crippen molar-refractivity contribution < 1.29 is 4.79 Å². The third kappa shape index (κ3) is 4.45. The Morgan fingerprint density at radius 3 is 2.79 bits per heavy atom. The number of thiophene rings is 1. The topological polar surface area (TPSA) is 91.6 Å². The van der Waals surface area contributed by atoms with Gasteiger partial charge in [0.2, 0.25) is 5.13 Å². The standard InChI is InChI=1S/C18H11N5OS4/c19-7-11-1-3-12(4-2-11)8-27-18-23-22-17(28-18)21-15(24)14-10-26-16(20-14)13-5-6-25-9-13/h1-6,9-10H,8H2,(H,21,22,24). The number of thiazole rings is 1. The molecule has 28 heavy (non-hydrogen) atoms. The van der Waals surface area contributed by atoms with Gasteiger partial charge in [-0.15, -0.1) is 21.5 Å². The number of hydrogen-bond acceptors (Lipinski definition) is 9. The van der Waals surface area contributed by atoms with Crippen molar-refractivity contribution in [3.63, 3.8) is 0 Å². The van der Waals surface area contributed by atoms with Crippen molar-refractivity contribution in [1.29, 1.82) is 5.26 Å². The summed E-state index contributed by atoms with van der Waals surface area (Å²) in [6.07, 6.45) is 0. The van der Waals surface area contributed by atoms with E-state index in [1.807, 2.05) is 29.0 Å². The number of carbonyl (C=O) groups excluding carboxylic acids is 1. The molecule has 3 aromatic heterocycles. The van der Waals surface area contributed by atoms with Crippen LogP contribution in [0.2, 0.25) is 0 Å². The van der Waals surface area contributed by atoms with Gasteiger partial charge < -0.3 is 0 Å². The van der Waals surface area contributed by atoms with E-state index >= 15 is 0 Å². The summed E-state index contributed by atoms with van der Waals surface area (Å²) in [5.41, 5.74) is 3.12. The molecule has 0 saturated carbocycles. The van der Waals surface area contributed by atoms with Crippen LogP contribution in [0.15, 0.2) is 50.8 Å². The molecule has 0 bridgehead atoms. The fourth-order valence-corrected chi connectivity index (χ4v) is 5.41. The molecule has 0 fully saturated rings. The SMILES string of the molecule is N#Cc1ccc(CSc2nnc(NC(=O)c3csc(-c4ccsc4)n3)s2)cc1. The lowest BCUT2D eigenvalue weighted by molar-refractivity contribution is 0.102. The van der Waals surface area contributed by atoms with Gasteiger partial charge in [-0.2, -0.15) is 16.6 Å². The molecule has 1 aromatic carbocycles. The first kappa shape index (κ1) is 18.8. The summed E-state index contributed by atoms with van der Waals surface area (Å²) >= 11 is 5.89. The molecule has 0 radical (unpaired) electrons. The second kappa shape index (κ2) is 8.62. The molecule has 4 rings (SSSR count). The number of amides is 1. The Morgan fingerprint density at radius 2 is 2.04 bits per heavy atom. The smallest absolute Gasteiger partial charge is 0.276 e. The summed E-state index contributed by atoms with van der Waals surface area (Å²) < 4.78 is 0.761. The molecule has 1 amide bonds. The molecule has 0 aliphatic heterocycles. The average molecular weight is 442 g/mol. The molecule has 138 valence electrons. The number of hydrogen-bond donors (Lipinski definition) is 1. The fraction of sp³-hybridized carbons (Fsp3) is 0.0556. The number of thioether (sulfide) groups is 1. The fourth-order valence-electron chi connectivity index (χ4n) is 2.20. The summed E-state index contributed by atoms with van der Waals surface area (Å²) in [6, 6.07) is 11.5. The van der Waals surface area contributed by atoms with Gasteiger partial charge in [-0.3, -0.25) is 10.1 Å². The Morgan fingerprint density at radius 1 is 1.18 bits per heavy atom. The summed E-state index contributed by atoms with van der Waals surface area (Å²) in [5.74, 6) is 0.419. The van der Waals surface area contributed by atoms with Gasteiger partial charge in [0.05, 0.1) is 11.6 Å². The highest BCUT2D eigenvalue weighted by Crippen LogP contribution is 2.29. The lowest BCUT2D eigenvalue weighted by atomic mass is 10.2. The minimum absolute atomic E-state index is 0.294. The van der Waals surface area contributed by atoms with Crippen LogP contribution in [0.25, 0.3) is 10.6 Å². The monoisotopic (exact) mass is 441 g/mol. The van der Waals surface area contributed by atoms with E-state index in [1.165, 1.54) is 34.4 Å². The largest absolute Gasteiger partial charge is 0.295 e. The number of rotatable bonds is 6. The number of nitrogens with zero attached hydrogens (tertiary/aromatic N) is 4.